The molecule has 0 bridgehead atoms. The van der Waals surface area contributed by atoms with Gasteiger partial charge in [-0.3, -0.25) is 4.79 Å². The highest BCUT2D eigenvalue weighted by Crippen LogP contribution is 2.25. The van der Waals surface area contributed by atoms with Gasteiger partial charge in [-0.05, 0) is 43.0 Å². The van der Waals surface area contributed by atoms with E-state index in [-0.39, 0.29) is 36.1 Å². The summed E-state index contributed by atoms with van der Waals surface area (Å²) < 4.78 is 55.5. The van der Waals surface area contributed by atoms with Gasteiger partial charge >= 0.3 is 0 Å². The van der Waals surface area contributed by atoms with Crippen molar-refractivity contribution in [2.45, 2.75) is 25.9 Å². The first kappa shape index (κ1) is 26.4. The van der Waals surface area contributed by atoms with E-state index in [0.717, 1.165) is 12.5 Å². The number of nitrogens with one attached hydrogen (secondary N) is 1. The SMILES string of the molecule is CNC(=O)c1c(-c2ccc(Cl)cc2)oc2c1=CC(C)CC(N(CCCS(C)(=O)=O)S(C)(=O)=O)N=2. The monoisotopic (exact) mass is 529 g/mol. The Labute approximate surface area is 204 Å². The number of halogens is 1. The van der Waals surface area contributed by atoms with Crippen LogP contribution in [-0.4, -0.2) is 65.1 Å². The van der Waals surface area contributed by atoms with Crippen LogP contribution >= 0.6 is 11.6 Å². The Kier molecular flexibility index (Phi) is 7.91. The first-order valence-corrected chi connectivity index (χ1v) is 14.9. The van der Waals surface area contributed by atoms with Gasteiger partial charge in [-0.2, -0.15) is 4.31 Å². The molecule has 12 heteroatoms. The van der Waals surface area contributed by atoms with Gasteiger partial charge in [0.25, 0.3) is 5.91 Å². The Balaban J connectivity index is 2.16. The molecular formula is C22H28ClN3O6S2. The number of sulfonamides is 1. The van der Waals surface area contributed by atoms with E-state index in [2.05, 4.69) is 10.3 Å². The van der Waals surface area contributed by atoms with E-state index in [1.807, 2.05) is 13.0 Å². The number of nitrogens with zero attached hydrogens (tertiary/aromatic N) is 2. The summed E-state index contributed by atoms with van der Waals surface area (Å²) in [5, 5.41) is 3.64. The fraction of sp³-hybridized carbons (Fsp3) is 0.455. The van der Waals surface area contributed by atoms with Crippen molar-refractivity contribution >= 4 is 43.4 Å². The maximum absolute atomic E-state index is 12.8. The molecule has 34 heavy (non-hydrogen) atoms. The standard InChI is InChI=1S/C22H28ClN3O6S2/c1-14-12-17-19(21(27)24-2)20(15-6-8-16(23)9-7-15)32-22(17)25-18(13-14)26(34(4,30)31)10-5-11-33(3,28)29/h6-9,12,14,18H,5,10-11,13H2,1-4H3,(H,24,27). The van der Waals surface area contributed by atoms with Crippen LogP contribution in [0.4, 0.5) is 0 Å². The number of benzene rings is 1. The molecule has 0 spiro atoms. The number of carbonyl (C=O) groups excluding carboxylic acids is 1. The van der Waals surface area contributed by atoms with Crippen LogP contribution in [0.3, 0.4) is 0 Å². The molecule has 2 aromatic rings. The van der Waals surface area contributed by atoms with E-state index < -0.39 is 26.0 Å². The summed E-state index contributed by atoms with van der Waals surface area (Å²) in [5.41, 5.74) is 1.07. The minimum Gasteiger partial charge on any atom is -0.437 e. The third kappa shape index (κ3) is 6.26. The Bertz CT molecular complexity index is 1400. The lowest BCUT2D eigenvalue weighted by Gasteiger charge is -2.27. The Morgan fingerprint density at radius 3 is 2.41 bits per heavy atom. The third-order valence-electron chi connectivity index (χ3n) is 5.44. The summed E-state index contributed by atoms with van der Waals surface area (Å²) in [6.07, 6.45) is 3.70. The van der Waals surface area contributed by atoms with Crippen molar-refractivity contribution in [3.05, 3.63) is 45.6 Å². The molecule has 3 rings (SSSR count). The molecule has 1 aliphatic rings. The zero-order valence-electron chi connectivity index (χ0n) is 19.4. The van der Waals surface area contributed by atoms with Gasteiger partial charge in [0.2, 0.25) is 15.6 Å². The second-order valence-corrected chi connectivity index (χ2v) is 13.1. The Hall–Kier alpha value is -2.21. The molecule has 1 aliphatic heterocycles. The molecule has 2 unspecified atom stereocenters. The van der Waals surface area contributed by atoms with Crippen molar-refractivity contribution in [2.24, 2.45) is 10.9 Å². The van der Waals surface area contributed by atoms with Gasteiger partial charge in [-0.1, -0.05) is 24.6 Å². The fourth-order valence-corrected chi connectivity index (χ4v) is 5.73. The van der Waals surface area contributed by atoms with E-state index >= 15 is 0 Å². The third-order valence-corrected chi connectivity index (χ3v) is 8.00. The smallest absolute Gasteiger partial charge is 0.255 e. The van der Waals surface area contributed by atoms with Crippen LogP contribution in [0.2, 0.25) is 5.02 Å². The van der Waals surface area contributed by atoms with Crippen molar-refractivity contribution in [1.82, 2.24) is 9.62 Å². The number of carbonyl (C=O) groups is 1. The average molecular weight is 530 g/mol. The van der Waals surface area contributed by atoms with E-state index in [4.69, 9.17) is 16.0 Å². The molecule has 0 aliphatic carbocycles. The van der Waals surface area contributed by atoms with E-state index in [0.29, 0.717) is 33.5 Å². The number of hydrogen-bond acceptors (Lipinski definition) is 7. The quantitative estimate of drug-likeness (QED) is 0.551. The normalized spacial score (nSPS) is 18.5. The molecule has 1 aromatic carbocycles. The van der Waals surface area contributed by atoms with Gasteiger partial charge in [0.05, 0.1) is 17.6 Å². The lowest BCUT2D eigenvalue weighted by atomic mass is 10.0. The number of hydrogen-bond donors (Lipinski definition) is 1. The number of sulfone groups is 1. The maximum Gasteiger partial charge on any atom is 0.255 e. The molecule has 1 amide bonds. The van der Waals surface area contributed by atoms with E-state index in [1.54, 1.807) is 24.3 Å². The van der Waals surface area contributed by atoms with Crippen molar-refractivity contribution in [3.8, 4) is 11.3 Å². The predicted octanol–water partition coefficient (Wildman–Crippen LogP) is 1.42. The van der Waals surface area contributed by atoms with Gasteiger partial charge in [-0.25, -0.2) is 21.8 Å². The zero-order chi connectivity index (χ0) is 25.3. The average Bonchev–Trinajstić information content (AvgIpc) is 2.98. The van der Waals surface area contributed by atoms with Gasteiger partial charge in [0.15, 0.2) is 0 Å². The van der Waals surface area contributed by atoms with Crippen LogP contribution in [0.15, 0.2) is 33.7 Å². The minimum atomic E-state index is -3.71. The number of furan rings is 1. The highest BCUT2D eigenvalue weighted by Gasteiger charge is 2.30. The molecule has 186 valence electrons. The van der Waals surface area contributed by atoms with Gasteiger partial charge in [0.1, 0.15) is 21.8 Å². The van der Waals surface area contributed by atoms with Crippen LogP contribution in [-0.2, 0) is 19.9 Å². The van der Waals surface area contributed by atoms with Crippen molar-refractivity contribution < 1.29 is 26.0 Å². The molecule has 2 heterocycles. The largest absolute Gasteiger partial charge is 0.437 e. The molecule has 2 atom stereocenters. The van der Waals surface area contributed by atoms with Gasteiger partial charge in [-0.15, -0.1) is 0 Å². The topological polar surface area (TPSA) is 126 Å². The number of amides is 1. The van der Waals surface area contributed by atoms with Crippen molar-refractivity contribution in [2.75, 3.05) is 31.9 Å². The van der Waals surface area contributed by atoms with E-state index in [1.165, 1.54) is 11.4 Å². The van der Waals surface area contributed by atoms with Crippen LogP contribution in [0.25, 0.3) is 17.4 Å². The molecule has 9 nitrogen and oxygen atoms in total. The second-order valence-electron chi connectivity index (χ2n) is 8.46. The molecule has 1 N–H and O–H groups in total. The number of rotatable bonds is 8. The Morgan fingerprint density at radius 1 is 1.21 bits per heavy atom. The highest BCUT2D eigenvalue weighted by molar-refractivity contribution is 7.90. The van der Waals surface area contributed by atoms with Crippen molar-refractivity contribution in [3.63, 3.8) is 0 Å². The molecular weight excluding hydrogens is 502 g/mol. The predicted molar refractivity (Wildman–Crippen MR) is 131 cm³/mol. The number of fused-ring (bicyclic) bond motifs is 1. The van der Waals surface area contributed by atoms with Crippen LogP contribution < -0.4 is 16.1 Å². The summed E-state index contributed by atoms with van der Waals surface area (Å²) in [7, 11) is -5.44. The molecule has 0 saturated carbocycles. The highest BCUT2D eigenvalue weighted by atomic mass is 35.5. The van der Waals surface area contributed by atoms with Crippen LogP contribution in [0.5, 0.6) is 0 Å². The van der Waals surface area contributed by atoms with Gasteiger partial charge in [0, 0.05) is 35.7 Å². The summed E-state index contributed by atoms with van der Waals surface area (Å²) in [5.74, 6) is -0.341. The zero-order valence-corrected chi connectivity index (χ0v) is 21.8. The molecule has 1 aromatic heterocycles. The van der Waals surface area contributed by atoms with Crippen LogP contribution in [0, 0.1) is 5.92 Å². The summed E-state index contributed by atoms with van der Waals surface area (Å²) >= 11 is 6.00. The van der Waals surface area contributed by atoms with Gasteiger partial charge < -0.3 is 9.73 Å². The minimum absolute atomic E-state index is 0.00479. The maximum atomic E-state index is 12.8. The lowest BCUT2D eigenvalue weighted by molar-refractivity contribution is 0.0962. The molecule has 0 saturated heterocycles. The first-order valence-electron chi connectivity index (χ1n) is 10.6. The molecule has 0 radical (unpaired) electrons. The second kappa shape index (κ2) is 10.2. The Morgan fingerprint density at radius 2 is 1.85 bits per heavy atom. The summed E-state index contributed by atoms with van der Waals surface area (Å²) in [4.78, 5) is 17.4. The fourth-order valence-electron chi connectivity index (χ4n) is 3.91. The molecule has 0 fully saturated rings. The first-order chi connectivity index (χ1) is 15.8. The van der Waals surface area contributed by atoms with E-state index in [9.17, 15) is 21.6 Å². The summed E-state index contributed by atoms with van der Waals surface area (Å²) in [6, 6.07) is 6.80. The lowest BCUT2D eigenvalue weighted by Crippen LogP contribution is -2.41. The van der Waals surface area contributed by atoms with Crippen molar-refractivity contribution in [1.29, 1.82) is 0 Å². The van der Waals surface area contributed by atoms with Crippen LogP contribution in [0.1, 0.15) is 30.1 Å². The summed E-state index contributed by atoms with van der Waals surface area (Å²) in [6.45, 7) is 1.90.